The van der Waals surface area contributed by atoms with Gasteiger partial charge in [0.05, 0.1) is 10.5 Å². The topological polar surface area (TPSA) is 48.4 Å². The van der Waals surface area contributed by atoms with Crippen molar-refractivity contribution in [2.45, 2.75) is 18.9 Å². The van der Waals surface area contributed by atoms with Crippen LogP contribution >= 0.6 is 15.9 Å². The number of hydrogen-bond acceptors (Lipinski definition) is 3. The summed E-state index contributed by atoms with van der Waals surface area (Å²) < 4.78 is 12.2. The number of hydrogen-bond donors (Lipinski definition) is 1. The van der Waals surface area contributed by atoms with Gasteiger partial charge in [-0.1, -0.05) is 12.1 Å². The highest BCUT2D eigenvalue weighted by atomic mass is 79.9. The number of fused-ring (bicyclic) bond motifs is 1. The zero-order valence-corrected chi connectivity index (χ0v) is 11.7. The first-order valence-corrected chi connectivity index (χ1v) is 7.06. The Labute approximate surface area is 114 Å². The largest absolute Gasteiger partial charge is 0.458 e. The highest BCUT2D eigenvalue weighted by Gasteiger charge is 2.25. The van der Waals surface area contributed by atoms with Crippen LogP contribution in [0.25, 0.3) is 11.0 Å². The molecule has 1 aliphatic heterocycles. The van der Waals surface area contributed by atoms with E-state index in [0.717, 1.165) is 47.3 Å². The molecule has 1 aromatic carbocycles. The first-order valence-electron chi connectivity index (χ1n) is 6.27. The summed E-state index contributed by atoms with van der Waals surface area (Å²) in [5, 5.41) is 1.10. The summed E-state index contributed by atoms with van der Waals surface area (Å²) in [5.41, 5.74) is 7.20. The Hall–Kier alpha value is -0.840. The molecule has 2 N–H and O–H groups in total. The zero-order valence-electron chi connectivity index (χ0n) is 10.1. The minimum atomic E-state index is -0.0341. The van der Waals surface area contributed by atoms with Gasteiger partial charge in [0.15, 0.2) is 0 Å². The van der Waals surface area contributed by atoms with Crippen molar-refractivity contribution < 1.29 is 9.15 Å². The van der Waals surface area contributed by atoms with Gasteiger partial charge >= 0.3 is 0 Å². The molecule has 96 valence electrons. The highest BCUT2D eigenvalue weighted by Crippen LogP contribution is 2.34. The monoisotopic (exact) mass is 309 g/mol. The number of furan rings is 1. The average molecular weight is 310 g/mol. The minimum absolute atomic E-state index is 0.0341. The third-order valence-electron chi connectivity index (χ3n) is 3.62. The van der Waals surface area contributed by atoms with Crippen molar-refractivity contribution in [3.05, 3.63) is 34.5 Å². The zero-order chi connectivity index (χ0) is 12.5. The molecule has 1 atom stereocenters. The summed E-state index contributed by atoms with van der Waals surface area (Å²) in [5.74, 6) is 1.34. The van der Waals surface area contributed by atoms with E-state index >= 15 is 0 Å². The Bertz CT molecular complexity index is 546. The predicted molar refractivity (Wildman–Crippen MR) is 74.4 cm³/mol. The van der Waals surface area contributed by atoms with Gasteiger partial charge in [-0.3, -0.25) is 0 Å². The Morgan fingerprint density at radius 3 is 2.78 bits per heavy atom. The standard InChI is InChI=1S/C14H16BrNO2/c15-11-3-1-2-10-8-12(18-14(10)11)13(16)9-4-6-17-7-5-9/h1-3,8-9,13H,4-7,16H2. The van der Waals surface area contributed by atoms with Crippen molar-refractivity contribution in [1.29, 1.82) is 0 Å². The lowest BCUT2D eigenvalue weighted by molar-refractivity contribution is 0.0562. The van der Waals surface area contributed by atoms with E-state index in [1.165, 1.54) is 0 Å². The van der Waals surface area contributed by atoms with Gasteiger partial charge in [0, 0.05) is 18.6 Å². The summed E-state index contributed by atoms with van der Waals surface area (Å²) in [6.45, 7) is 1.62. The SMILES string of the molecule is NC(c1cc2cccc(Br)c2o1)C1CCOCC1. The van der Waals surface area contributed by atoms with Gasteiger partial charge in [-0.2, -0.15) is 0 Å². The van der Waals surface area contributed by atoms with Crippen LogP contribution in [0.4, 0.5) is 0 Å². The maximum Gasteiger partial charge on any atom is 0.148 e. The summed E-state index contributed by atoms with van der Waals surface area (Å²) in [6, 6.07) is 8.05. The molecule has 0 amide bonds. The molecule has 2 heterocycles. The fourth-order valence-corrected chi connectivity index (χ4v) is 2.98. The van der Waals surface area contributed by atoms with Gasteiger partial charge in [0.1, 0.15) is 11.3 Å². The molecule has 1 unspecified atom stereocenters. The molecule has 4 heteroatoms. The van der Waals surface area contributed by atoms with Gasteiger partial charge in [-0.15, -0.1) is 0 Å². The number of para-hydroxylation sites is 1. The molecule has 0 bridgehead atoms. The fraction of sp³-hybridized carbons (Fsp3) is 0.429. The van der Waals surface area contributed by atoms with Gasteiger partial charge in [0.2, 0.25) is 0 Å². The Morgan fingerprint density at radius 1 is 1.28 bits per heavy atom. The van der Waals surface area contributed by atoms with Gasteiger partial charge in [-0.05, 0) is 46.8 Å². The number of ether oxygens (including phenoxy) is 1. The minimum Gasteiger partial charge on any atom is -0.458 e. The molecule has 1 fully saturated rings. The molecule has 3 rings (SSSR count). The first-order chi connectivity index (χ1) is 8.75. The van der Waals surface area contributed by atoms with Crippen molar-refractivity contribution in [3.8, 4) is 0 Å². The number of benzene rings is 1. The van der Waals surface area contributed by atoms with Gasteiger partial charge < -0.3 is 14.9 Å². The van der Waals surface area contributed by atoms with Crippen molar-refractivity contribution in [2.24, 2.45) is 11.7 Å². The van der Waals surface area contributed by atoms with Crippen LogP contribution in [-0.4, -0.2) is 13.2 Å². The lowest BCUT2D eigenvalue weighted by atomic mass is 9.91. The molecule has 0 radical (unpaired) electrons. The van der Waals surface area contributed by atoms with E-state index in [-0.39, 0.29) is 6.04 Å². The van der Waals surface area contributed by atoms with Crippen LogP contribution in [0.15, 0.2) is 33.2 Å². The Kier molecular flexibility index (Phi) is 3.41. The van der Waals surface area contributed by atoms with Crippen LogP contribution in [0.2, 0.25) is 0 Å². The summed E-state index contributed by atoms with van der Waals surface area (Å²) in [7, 11) is 0. The van der Waals surface area contributed by atoms with E-state index in [0.29, 0.717) is 5.92 Å². The lowest BCUT2D eigenvalue weighted by Gasteiger charge is -2.26. The normalized spacial score (nSPS) is 19.2. The molecule has 1 aliphatic rings. The molecule has 0 aliphatic carbocycles. The summed E-state index contributed by atoms with van der Waals surface area (Å²) in [6.07, 6.45) is 2.03. The fourth-order valence-electron chi connectivity index (χ4n) is 2.52. The Balaban J connectivity index is 1.91. The molecule has 0 spiro atoms. The van der Waals surface area contributed by atoms with Gasteiger partial charge in [-0.25, -0.2) is 0 Å². The first kappa shape index (κ1) is 12.2. The van der Waals surface area contributed by atoms with Crippen molar-refractivity contribution in [3.63, 3.8) is 0 Å². The van der Waals surface area contributed by atoms with Crippen LogP contribution in [0.5, 0.6) is 0 Å². The van der Waals surface area contributed by atoms with Crippen LogP contribution in [0, 0.1) is 5.92 Å². The Morgan fingerprint density at radius 2 is 2.06 bits per heavy atom. The van der Waals surface area contributed by atoms with E-state index < -0.39 is 0 Å². The molecule has 0 saturated carbocycles. The molecular formula is C14H16BrNO2. The number of halogens is 1. The summed E-state index contributed by atoms with van der Waals surface area (Å²) in [4.78, 5) is 0. The van der Waals surface area contributed by atoms with E-state index in [9.17, 15) is 0 Å². The number of rotatable bonds is 2. The van der Waals surface area contributed by atoms with E-state index in [4.69, 9.17) is 14.9 Å². The van der Waals surface area contributed by atoms with Crippen molar-refractivity contribution in [2.75, 3.05) is 13.2 Å². The second-order valence-electron chi connectivity index (χ2n) is 4.78. The quantitative estimate of drug-likeness (QED) is 0.921. The maximum absolute atomic E-state index is 6.32. The smallest absolute Gasteiger partial charge is 0.148 e. The molecule has 18 heavy (non-hydrogen) atoms. The van der Waals surface area contributed by atoms with Crippen LogP contribution in [-0.2, 0) is 4.74 Å². The average Bonchev–Trinajstić information content (AvgIpc) is 2.84. The van der Waals surface area contributed by atoms with Crippen molar-refractivity contribution in [1.82, 2.24) is 0 Å². The predicted octanol–water partition coefficient (Wildman–Crippen LogP) is 3.62. The van der Waals surface area contributed by atoms with Crippen LogP contribution in [0.1, 0.15) is 24.6 Å². The van der Waals surface area contributed by atoms with Crippen molar-refractivity contribution >= 4 is 26.9 Å². The molecular weight excluding hydrogens is 294 g/mol. The third kappa shape index (κ3) is 2.20. The lowest BCUT2D eigenvalue weighted by Crippen LogP contribution is -2.27. The molecule has 1 saturated heterocycles. The van der Waals surface area contributed by atoms with E-state index in [1.54, 1.807) is 0 Å². The molecule has 2 aromatic rings. The third-order valence-corrected chi connectivity index (χ3v) is 4.24. The van der Waals surface area contributed by atoms with Gasteiger partial charge in [0.25, 0.3) is 0 Å². The highest BCUT2D eigenvalue weighted by molar-refractivity contribution is 9.10. The second kappa shape index (κ2) is 5.03. The van der Waals surface area contributed by atoms with Crippen LogP contribution in [0.3, 0.4) is 0 Å². The van der Waals surface area contributed by atoms with E-state index in [2.05, 4.69) is 22.0 Å². The van der Waals surface area contributed by atoms with E-state index in [1.807, 2.05) is 18.2 Å². The summed E-state index contributed by atoms with van der Waals surface area (Å²) >= 11 is 3.50. The maximum atomic E-state index is 6.32. The molecule has 3 nitrogen and oxygen atoms in total. The molecule has 1 aromatic heterocycles. The number of nitrogens with two attached hydrogens (primary N) is 1. The second-order valence-corrected chi connectivity index (χ2v) is 5.64. The van der Waals surface area contributed by atoms with Crippen LogP contribution < -0.4 is 5.73 Å².